The molecule has 0 amide bonds. The number of benzene rings is 1. The van der Waals surface area contributed by atoms with E-state index in [0.29, 0.717) is 18.3 Å². The van der Waals surface area contributed by atoms with Crippen LogP contribution in [0.1, 0.15) is 12.8 Å². The summed E-state index contributed by atoms with van der Waals surface area (Å²) >= 11 is 0. The maximum atomic E-state index is 13.2. The molecule has 1 N–H and O–H groups in total. The highest BCUT2D eigenvalue weighted by atomic mass is 35.5. The van der Waals surface area contributed by atoms with Gasteiger partial charge in [0.1, 0.15) is 18.2 Å². The van der Waals surface area contributed by atoms with Gasteiger partial charge in [-0.2, -0.15) is 0 Å². The molecule has 19 heavy (non-hydrogen) atoms. The van der Waals surface area contributed by atoms with Crippen LogP contribution in [0.4, 0.5) is 10.1 Å². The molecule has 1 fully saturated rings. The lowest BCUT2D eigenvalue weighted by molar-refractivity contribution is 0.294. The lowest BCUT2D eigenvalue weighted by Crippen LogP contribution is -2.41. The zero-order valence-corrected chi connectivity index (χ0v) is 11.7. The molecule has 1 saturated heterocycles. The normalized spacial score (nSPS) is 22.2. The second kappa shape index (κ2) is 6.44. The van der Waals surface area contributed by atoms with Gasteiger partial charge in [0.15, 0.2) is 0 Å². The van der Waals surface area contributed by atoms with Crippen LogP contribution in [-0.2, 0) is 0 Å². The minimum Gasteiger partial charge on any atom is -0.489 e. The molecule has 0 saturated carbocycles. The Morgan fingerprint density at radius 1 is 1.42 bits per heavy atom. The third-order valence-corrected chi connectivity index (χ3v) is 3.76. The smallest absolute Gasteiger partial charge is 0.145 e. The van der Waals surface area contributed by atoms with E-state index in [9.17, 15) is 4.39 Å². The van der Waals surface area contributed by atoms with E-state index in [1.54, 1.807) is 0 Å². The molecule has 5 heteroatoms. The highest BCUT2D eigenvalue weighted by Crippen LogP contribution is 2.32. The molecule has 0 aliphatic carbocycles. The Morgan fingerprint density at radius 2 is 2.32 bits per heavy atom. The Morgan fingerprint density at radius 3 is 3.11 bits per heavy atom. The fourth-order valence-electron chi connectivity index (χ4n) is 2.83. The summed E-state index contributed by atoms with van der Waals surface area (Å²) < 4.78 is 18.7. The van der Waals surface area contributed by atoms with E-state index < -0.39 is 0 Å². The molecule has 1 unspecified atom stereocenters. The molecule has 3 nitrogen and oxygen atoms in total. The number of piperidine rings is 1. The molecular weight excluding hydrogens is 267 g/mol. The predicted octanol–water partition coefficient (Wildman–Crippen LogP) is 2.45. The number of ether oxygens (including phenoxy) is 1. The summed E-state index contributed by atoms with van der Waals surface area (Å²) in [5, 5.41) is 3.44. The van der Waals surface area contributed by atoms with Crippen molar-refractivity contribution in [3.63, 3.8) is 0 Å². The molecule has 1 atom stereocenters. The van der Waals surface area contributed by atoms with Gasteiger partial charge in [-0.1, -0.05) is 0 Å². The molecular formula is C14H20ClFN2O. The molecule has 106 valence electrons. The van der Waals surface area contributed by atoms with Crippen molar-refractivity contribution >= 4 is 18.1 Å². The van der Waals surface area contributed by atoms with Gasteiger partial charge in [0.2, 0.25) is 0 Å². The average Bonchev–Trinajstić information content (AvgIpc) is 2.40. The number of hydrogen-bond donors (Lipinski definition) is 1. The average molecular weight is 287 g/mol. The van der Waals surface area contributed by atoms with Gasteiger partial charge >= 0.3 is 0 Å². The number of fused-ring (bicyclic) bond motifs is 1. The van der Waals surface area contributed by atoms with Crippen molar-refractivity contribution in [1.82, 2.24) is 5.32 Å². The minimum atomic E-state index is -0.227. The van der Waals surface area contributed by atoms with E-state index in [1.165, 1.54) is 25.0 Å². The highest BCUT2D eigenvalue weighted by Gasteiger charge is 2.22. The first kappa shape index (κ1) is 14.4. The van der Waals surface area contributed by atoms with Gasteiger partial charge in [-0.15, -0.1) is 12.4 Å². The first-order valence-corrected chi connectivity index (χ1v) is 6.71. The van der Waals surface area contributed by atoms with Crippen LogP contribution < -0.4 is 15.0 Å². The topological polar surface area (TPSA) is 24.5 Å². The van der Waals surface area contributed by atoms with Crippen LogP contribution >= 0.6 is 12.4 Å². The van der Waals surface area contributed by atoms with E-state index >= 15 is 0 Å². The molecule has 3 rings (SSSR count). The van der Waals surface area contributed by atoms with E-state index in [-0.39, 0.29) is 18.2 Å². The van der Waals surface area contributed by atoms with Crippen molar-refractivity contribution in [3.8, 4) is 5.75 Å². The number of hydrogen-bond acceptors (Lipinski definition) is 3. The fourth-order valence-corrected chi connectivity index (χ4v) is 2.83. The third kappa shape index (κ3) is 3.31. The van der Waals surface area contributed by atoms with Gasteiger partial charge in [0.25, 0.3) is 0 Å². The molecule has 1 aromatic rings. The van der Waals surface area contributed by atoms with Gasteiger partial charge in [-0.3, -0.25) is 0 Å². The molecule has 0 spiro atoms. The summed E-state index contributed by atoms with van der Waals surface area (Å²) in [5.74, 6) is 1.15. The SMILES string of the molecule is Cl.Fc1ccc2c(c1)OCCN2CC1CCCNC1. The number of rotatable bonds is 2. The Kier molecular flexibility index (Phi) is 4.88. The first-order chi connectivity index (χ1) is 8.83. The van der Waals surface area contributed by atoms with Crippen LogP contribution in [0, 0.1) is 11.7 Å². The van der Waals surface area contributed by atoms with Gasteiger partial charge in [0.05, 0.1) is 12.2 Å². The highest BCUT2D eigenvalue weighted by molar-refractivity contribution is 5.85. The summed E-state index contributed by atoms with van der Waals surface area (Å²) in [6.45, 7) is 4.82. The Bertz CT molecular complexity index is 424. The quantitative estimate of drug-likeness (QED) is 0.904. The van der Waals surface area contributed by atoms with Gasteiger partial charge < -0.3 is 15.0 Å². The Balaban J connectivity index is 0.00000133. The van der Waals surface area contributed by atoms with Crippen molar-refractivity contribution in [2.75, 3.05) is 37.7 Å². The minimum absolute atomic E-state index is 0. The fraction of sp³-hybridized carbons (Fsp3) is 0.571. The van der Waals surface area contributed by atoms with E-state index in [4.69, 9.17) is 4.74 Å². The lowest BCUT2D eigenvalue weighted by atomic mass is 9.98. The second-order valence-electron chi connectivity index (χ2n) is 5.12. The first-order valence-electron chi connectivity index (χ1n) is 6.71. The largest absolute Gasteiger partial charge is 0.489 e. The molecule has 0 bridgehead atoms. The number of anilines is 1. The van der Waals surface area contributed by atoms with E-state index in [1.807, 2.05) is 6.07 Å². The van der Waals surface area contributed by atoms with Gasteiger partial charge in [-0.05, 0) is 44.0 Å². The summed E-state index contributed by atoms with van der Waals surface area (Å²) in [6, 6.07) is 4.83. The summed E-state index contributed by atoms with van der Waals surface area (Å²) in [5.41, 5.74) is 1.04. The van der Waals surface area contributed by atoms with Crippen molar-refractivity contribution in [2.45, 2.75) is 12.8 Å². The second-order valence-corrected chi connectivity index (χ2v) is 5.12. The van der Waals surface area contributed by atoms with Gasteiger partial charge in [0, 0.05) is 12.6 Å². The van der Waals surface area contributed by atoms with Crippen molar-refractivity contribution < 1.29 is 9.13 Å². The van der Waals surface area contributed by atoms with Crippen LogP contribution in [0.15, 0.2) is 18.2 Å². The molecule has 2 aliphatic rings. The molecule has 1 aromatic carbocycles. The predicted molar refractivity (Wildman–Crippen MR) is 76.9 cm³/mol. The standard InChI is InChI=1S/C14H19FN2O.ClH/c15-12-3-4-13-14(8-12)18-7-6-17(13)10-11-2-1-5-16-9-11;/h3-4,8,11,16H,1-2,5-7,9-10H2;1H. The van der Waals surface area contributed by atoms with Crippen LogP contribution in [0.2, 0.25) is 0 Å². The zero-order chi connectivity index (χ0) is 12.4. The van der Waals surface area contributed by atoms with E-state index in [0.717, 1.165) is 31.9 Å². The summed E-state index contributed by atoms with van der Waals surface area (Å²) in [7, 11) is 0. The monoisotopic (exact) mass is 286 g/mol. The number of nitrogens with one attached hydrogen (secondary N) is 1. The number of nitrogens with zero attached hydrogens (tertiary/aromatic N) is 1. The number of halogens is 2. The van der Waals surface area contributed by atoms with Crippen LogP contribution in [0.25, 0.3) is 0 Å². The lowest BCUT2D eigenvalue weighted by Gasteiger charge is -2.35. The van der Waals surface area contributed by atoms with Gasteiger partial charge in [-0.25, -0.2) is 4.39 Å². The summed E-state index contributed by atoms with van der Waals surface area (Å²) in [4.78, 5) is 2.33. The molecule has 2 aliphatic heterocycles. The van der Waals surface area contributed by atoms with Crippen molar-refractivity contribution in [2.24, 2.45) is 5.92 Å². The maximum absolute atomic E-state index is 13.2. The Hall–Kier alpha value is -1.00. The van der Waals surface area contributed by atoms with Crippen molar-refractivity contribution in [3.05, 3.63) is 24.0 Å². The zero-order valence-electron chi connectivity index (χ0n) is 10.9. The third-order valence-electron chi connectivity index (χ3n) is 3.76. The van der Waals surface area contributed by atoms with Crippen LogP contribution in [0.3, 0.4) is 0 Å². The van der Waals surface area contributed by atoms with Crippen LogP contribution in [-0.4, -0.2) is 32.8 Å². The molecule has 0 radical (unpaired) electrons. The Labute approximate surface area is 119 Å². The van der Waals surface area contributed by atoms with Crippen molar-refractivity contribution in [1.29, 1.82) is 0 Å². The maximum Gasteiger partial charge on any atom is 0.145 e. The summed E-state index contributed by atoms with van der Waals surface area (Å²) in [6.07, 6.45) is 2.53. The molecule has 2 heterocycles. The van der Waals surface area contributed by atoms with E-state index in [2.05, 4.69) is 10.2 Å². The van der Waals surface area contributed by atoms with Crippen LogP contribution in [0.5, 0.6) is 5.75 Å². The molecule has 0 aromatic heterocycles.